The van der Waals surface area contributed by atoms with Crippen molar-refractivity contribution in [2.75, 3.05) is 23.8 Å². The summed E-state index contributed by atoms with van der Waals surface area (Å²) in [6.07, 6.45) is 6.39. The Balaban J connectivity index is 1.43. The zero-order valence-electron chi connectivity index (χ0n) is 25.7. The quantitative estimate of drug-likeness (QED) is 0.0859. The number of ether oxygens (including phenoxy) is 2. The summed E-state index contributed by atoms with van der Waals surface area (Å²) in [5, 5.41) is 22.9. The van der Waals surface area contributed by atoms with E-state index in [0.29, 0.717) is 71.1 Å². The van der Waals surface area contributed by atoms with E-state index < -0.39 is 0 Å². The van der Waals surface area contributed by atoms with Crippen molar-refractivity contribution in [3.8, 4) is 34.1 Å². The van der Waals surface area contributed by atoms with Gasteiger partial charge in [0.1, 0.15) is 23.0 Å². The molecule has 0 aliphatic rings. The van der Waals surface area contributed by atoms with E-state index >= 15 is 0 Å². The monoisotopic (exact) mass is 604 g/mol. The lowest BCUT2D eigenvalue weighted by atomic mass is 10.1. The van der Waals surface area contributed by atoms with E-state index in [9.17, 15) is 0 Å². The van der Waals surface area contributed by atoms with Gasteiger partial charge in [-0.15, -0.1) is 0 Å². The maximum atomic E-state index is 8.37. The number of nitrogens with zero attached hydrogens (tertiary/aromatic N) is 4. The molecule has 0 fully saturated rings. The lowest BCUT2D eigenvalue weighted by molar-refractivity contribution is 0.271. The molecule has 0 radical (unpaired) electrons. The van der Waals surface area contributed by atoms with Gasteiger partial charge in [-0.3, -0.25) is 10.8 Å². The van der Waals surface area contributed by atoms with Crippen molar-refractivity contribution in [1.82, 2.24) is 19.9 Å². The SMILES string of the molecule is CC(C)COc1cc(NC(=N)c2ncccn2)ccc1-c1ccc(-c2ccc(NC(=N)c3ncccn3)cc2OCC(C)C)o1. The second-order valence-corrected chi connectivity index (χ2v) is 11.1. The third kappa shape index (κ3) is 8.08. The Hall–Kier alpha value is -5.58. The van der Waals surface area contributed by atoms with Crippen molar-refractivity contribution in [1.29, 1.82) is 10.8 Å². The second-order valence-electron chi connectivity index (χ2n) is 11.1. The molecule has 4 N–H and O–H groups in total. The first-order valence-corrected chi connectivity index (χ1v) is 14.7. The van der Waals surface area contributed by atoms with Gasteiger partial charge in [0.05, 0.1) is 24.3 Å². The molecule has 0 atom stereocenters. The summed E-state index contributed by atoms with van der Waals surface area (Å²) in [5.74, 6) is 3.85. The normalized spacial score (nSPS) is 11.0. The molecule has 0 saturated carbocycles. The van der Waals surface area contributed by atoms with Gasteiger partial charge in [0.2, 0.25) is 0 Å². The van der Waals surface area contributed by atoms with E-state index in [2.05, 4.69) is 58.3 Å². The van der Waals surface area contributed by atoms with E-state index in [-0.39, 0.29) is 11.7 Å². The number of furan rings is 1. The molecule has 3 heterocycles. The predicted molar refractivity (Wildman–Crippen MR) is 175 cm³/mol. The van der Waals surface area contributed by atoms with E-state index in [1.807, 2.05) is 48.5 Å². The summed E-state index contributed by atoms with van der Waals surface area (Å²) >= 11 is 0. The van der Waals surface area contributed by atoms with Crippen LogP contribution in [-0.2, 0) is 0 Å². The van der Waals surface area contributed by atoms with Gasteiger partial charge in [0.15, 0.2) is 23.3 Å². The van der Waals surface area contributed by atoms with Gasteiger partial charge in [-0.2, -0.15) is 0 Å². The number of benzene rings is 2. The first-order valence-electron chi connectivity index (χ1n) is 14.7. The smallest absolute Gasteiger partial charge is 0.195 e. The van der Waals surface area contributed by atoms with Crippen LogP contribution < -0.4 is 20.1 Å². The molecule has 11 heteroatoms. The Labute approximate surface area is 262 Å². The fourth-order valence-electron chi connectivity index (χ4n) is 4.24. The first-order chi connectivity index (χ1) is 21.8. The van der Waals surface area contributed by atoms with Crippen LogP contribution in [0.4, 0.5) is 11.4 Å². The van der Waals surface area contributed by atoms with Crippen LogP contribution in [0.3, 0.4) is 0 Å². The van der Waals surface area contributed by atoms with Crippen molar-refractivity contribution in [3.63, 3.8) is 0 Å². The molecule has 5 aromatic rings. The van der Waals surface area contributed by atoms with Crippen LogP contribution in [0.1, 0.15) is 39.3 Å². The summed E-state index contributed by atoms with van der Waals surface area (Å²) < 4.78 is 18.8. The number of nitrogens with one attached hydrogen (secondary N) is 4. The summed E-state index contributed by atoms with van der Waals surface area (Å²) in [5.41, 5.74) is 2.88. The van der Waals surface area contributed by atoms with Gasteiger partial charge in [-0.1, -0.05) is 27.7 Å². The molecular weight excluding hydrogens is 568 g/mol. The molecule has 0 amide bonds. The summed E-state index contributed by atoms with van der Waals surface area (Å²) in [7, 11) is 0. The fourth-order valence-corrected chi connectivity index (χ4v) is 4.24. The minimum absolute atomic E-state index is 0.0803. The molecule has 11 nitrogen and oxygen atoms in total. The zero-order chi connectivity index (χ0) is 31.8. The van der Waals surface area contributed by atoms with E-state index in [1.165, 1.54) is 0 Å². The van der Waals surface area contributed by atoms with Crippen molar-refractivity contribution >= 4 is 23.0 Å². The van der Waals surface area contributed by atoms with Gasteiger partial charge in [0, 0.05) is 48.3 Å². The van der Waals surface area contributed by atoms with Crippen molar-refractivity contribution in [2.24, 2.45) is 11.8 Å². The van der Waals surface area contributed by atoms with Crippen molar-refractivity contribution < 1.29 is 13.9 Å². The number of amidine groups is 2. The lowest BCUT2D eigenvalue weighted by Gasteiger charge is -2.15. The van der Waals surface area contributed by atoms with Gasteiger partial charge in [-0.05, 0) is 60.4 Å². The number of hydrogen-bond donors (Lipinski definition) is 4. The number of aromatic nitrogens is 4. The van der Waals surface area contributed by atoms with E-state index in [1.54, 1.807) is 36.9 Å². The standard InChI is InChI=1S/C34H36N8O3/c1-21(2)19-43-29-17-23(41-31(35)33-37-13-5-14-38-33)7-9-25(29)27-11-12-28(45-27)26-10-8-24(18-30(26)44-20-22(3)4)42-32(36)34-39-15-6-16-40-34/h5-18,21-22H,19-20H2,1-4H3,(H2,35,41)(H2,36,42). The Morgan fingerprint density at radius 1 is 0.644 bits per heavy atom. The molecule has 0 aliphatic carbocycles. The number of rotatable bonds is 12. The minimum atomic E-state index is 0.0803. The van der Waals surface area contributed by atoms with Crippen LogP contribution in [-0.4, -0.2) is 44.8 Å². The highest BCUT2D eigenvalue weighted by molar-refractivity contribution is 6.04. The molecule has 0 aliphatic heterocycles. The third-order valence-electron chi connectivity index (χ3n) is 6.36. The molecule has 3 aromatic heterocycles. The summed E-state index contributed by atoms with van der Waals surface area (Å²) in [4.78, 5) is 16.6. The maximum Gasteiger partial charge on any atom is 0.195 e. The summed E-state index contributed by atoms with van der Waals surface area (Å²) in [6.45, 7) is 9.35. The van der Waals surface area contributed by atoms with Crippen LogP contribution in [0, 0.1) is 22.7 Å². The molecular formula is C34H36N8O3. The minimum Gasteiger partial charge on any atom is -0.492 e. The maximum absolute atomic E-state index is 8.37. The molecule has 2 aromatic carbocycles. The highest BCUT2D eigenvalue weighted by Crippen LogP contribution is 2.39. The third-order valence-corrected chi connectivity index (χ3v) is 6.36. The van der Waals surface area contributed by atoms with Gasteiger partial charge in [-0.25, -0.2) is 19.9 Å². The zero-order valence-corrected chi connectivity index (χ0v) is 25.7. The molecule has 45 heavy (non-hydrogen) atoms. The van der Waals surface area contributed by atoms with Gasteiger partial charge < -0.3 is 24.5 Å². The van der Waals surface area contributed by atoms with Crippen LogP contribution in [0.15, 0.2) is 89.9 Å². The second kappa shape index (κ2) is 14.3. The summed E-state index contributed by atoms with van der Waals surface area (Å²) in [6, 6.07) is 18.4. The highest BCUT2D eigenvalue weighted by Gasteiger charge is 2.18. The van der Waals surface area contributed by atoms with Crippen LogP contribution >= 0.6 is 0 Å². The highest BCUT2D eigenvalue weighted by atomic mass is 16.5. The Bertz CT molecular complexity index is 1630. The topological polar surface area (TPSA) is 155 Å². The van der Waals surface area contributed by atoms with Crippen LogP contribution in [0.2, 0.25) is 0 Å². The predicted octanol–water partition coefficient (Wildman–Crippen LogP) is 7.14. The Morgan fingerprint density at radius 2 is 1.04 bits per heavy atom. The van der Waals surface area contributed by atoms with E-state index in [4.69, 9.17) is 24.7 Å². The number of hydrogen-bond acceptors (Lipinski definition) is 9. The van der Waals surface area contributed by atoms with Crippen LogP contribution in [0.5, 0.6) is 11.5 Å². The largest absolute Gasteiger partial charge is 0.492 e. The van der Waals surface area contributed by atoms with Crippen molar-refractivity contribution in [2.45, 2.75) is 27.7 Å². The molecule has 0 bridgehead atoms. The molecule has 0 unspecified atom stereocenters. The van der Waals surface area contributed by atoms with Gasteiger partial charge in [0.25, 0.3) is 0 Å². The molecule has 0 saturated heterocycles. The molecule has 230 valence electrons. The fraction of sp³-hybridized carbons (Fsp3) is 0.235. The average molecular weight is 605 g/mol. The molecule has 0 spiro atoms. The first kappa shape index (κ1) is 30.9. The average Bonchev–Trinajstić information content (AvgIpc) is 3.53. The Kier molecular flexibility index (Phi) is 9.78. The lowest BCUT2D eigenvalue weighted by Crippen LogP contribution is -2.15. The number of anilines is 2. The van der Waals surface area contributed by atoms with Crippen molar-refractivity contribution in [3.05, 3.63) is 97.1 Å². The van der Waals surface area contributed by atoms with Gasteiger partial charge >= 0.3 is 0 Å². The van der Waals surface area contributed by atoms with E-state index in [0.717, 1.165) is 11.1 Å². The molecule has 5 rings (SSSR count). The Morgan fingerprint density at radius 3 is 1.42 bits per heavy atom. The van der Waals surface area contributed by atoms with Crippen LogP contribution in [0.25, 0.3) is 22.6 Å².